The summed E-state index contributed by atoms with van der Waals surface area (Å²) < 4.78 is 11.0. The largest absolute Gasteiger partial charge is 0.459 e. The molecule has 3 aromatic rings. The Balaban J connectivity index is 1.23. The summed E-state index contributed by atoms with van der Waals surface area (Å²) >= 11 is 0. The van der Waals surface area contributed by atoms with Gasteiger partial charge in [0.15, 0.2) is 5.76 Å². The number of benzene rings is 1. The van der Waals surface area contributed by atoms with Crippen LogP contribution in [-0.2, 0) is 6.54 Å². The van der Waals surface area contributed by atoms with Gasteiger partial charge in [-0.25, -0.2) is 0 Å². The lowest BCUT2D eigenvalue weighted by molar-refractivity contribution is 0.128. The Kier molecular flexibility index (Phi) is 5.23. The van der Waals surface area contributed by atoms with Crippen molar-refractivity contribution in [1.29, 1.82) is 0 Å². The van der Waals surface area contributed by atoms with E-state index in [-0.39, 0.29) is 0 Å². The third-order valence-corrected chi connectivity index (χ3v) is 4.50. The van der Waals surface area contributed by atoms with Gasteiger partial charge in [-0.2, -0.15) is 0 Å². The van der Waals surface area contributed by atoms with E-state index in [9.17, 15) is 0 Å². The molecule has 2 aromatic heterocycles. The zero-order valence-corrected chi connectivity index (χ0v) is 14.6. The van der Waals surface area contributed by atoms with E-state index in [0.29, 0.717) is 24.1 Å². The molecule has 0 atom stereocenters. The van der Waals surface area contributed by atoms with Gasteiger partial charge >= 0.3 is 0 Å². The molecule has 1 aromatic carbocycles. The molecule has 1 fully saturated rings. The Bertz CT molecular complexity index is 819. The molecule has 0 saturated carbocycles. The molecule has 0 unspecified atom stereocenters. The van der Waals surface area contributed by atoms with Crippen LogP contribution in [0.2, 0.25) is 0 Å². The summed E-state index contributed by atoms with van der Waals surface area (Å²) in [4.78, 5) is 4.80. The van der Waals surface area contributed by atoms with Gasteiger partial charge in [-0.3, -0.25) is 9.80 Å². The molecule has 26 heavy (non-hydrogen) atoms. The van der Waals surface area contributed by atoms with E-state index in [4.69, 9.17) is 8.83 Å². The summed E-state index contributed by atoms with van der Waals surface area (Å²) in [6, 6.07) is 14.0. The number of hydrogen-bond donors (Lipinski definition) is 0. The number of piperazine rings is 1. The first kappa shape index (κ1) is 16.8. The Labute approximate surface area is 152 Å². The molecule has 6 nitrogen and oxygen atoms in total. The maximum atomic E-state index is 5.69. The van der Waals surface area contributed by atoms with Crippen LogP contribution in [0.15, 0.2) is 63.6 Å². The van der Waals surface area contributed by atoms with Crippen molar-refractivity contribution >= 4 is 6.08 Å². The average Bonchev–Trinajstić information content (AvgIpc) is 3.36. The summed E-state index contributed by atoms with van der Waals surface area (Å²) in [5.74, 6) is 1.68. The Morgan fingerprint density at radius 3 is 2.50 bits per heavy atom. The quantitative estimate of drug-likeness (QED) is 0.681. The zero-order valence-electron chi connectivity index (χ0n) is 14.6. The lowest BCUT2D eigenvalue weighted by Crippen LogP contribution is -2.45. The summed E-state index contributed by atoms with van der Waals surface area (Å²) in [6.45, 7) is 5.74. The number of furan rings is 1. The van der Waals surface area contributed by atoms with Crippen molar-refractivity contribution in [1.82, 2.24) is 20.0 Å². The molecular weight excluding hydrogens is 328 g/mol. The maximum absolute atomic E-state index is 5.69. The molecule has 1 aliphatic rings. The van der Waals surface area contributed by atoms with E-state index in [2.05, 4.69) is 56.4 Å². The van der Waals surface area contributed by atoms with Gasteiger partial charge < -0.3 is 8.83 Å². The molecular formula is C20H22N4O2. The molecule has 134 valence electrons. The number of hydrogen-bond acceptors (Lipinski definition) is 6. The molecule has 4 rings (SSSR count). The molecule has 3 heterocycles. The predicted molar refractivity (Wildman–Crippen MR) is 99.2 cm³/mol. The lowest BCUT2D eigenvalue weighted by Gasteiger charge is -2.33. The van der Waals surface area contributed by atoms with Crippen molar-refractivity contribution in [3.8, 4) is 11.7 Å². The molecule has 1 aliphatic heterocycles. The second kappa shape index (κ2) is 8.12. The van der Waals surface area contributed by atoms with E-state index >= 15 is 0 Å². The first-order valence-electron chi connectivity index (χ1n) is 8.89. The van der Waals surface area contributed by atoms with Crippen LogP contribution in [0, 0.1) is 0 Å². The van der Waals surface area contributed by atoms with Crippen LogP contribution < -0.4 is 0 Å². The molecule has 0 N–H and O–H groups in total. The van der Waals surface area contributed by atoms with E-state index < -0.39 is 0 Å². The highest BCUT2D eigenvalue weighted by atomic mass is 16.4. The predicted octanol–water partition coefficient (Wildman–Crippen LogP) is 3.16. The molecule has 1 saturated heterocycles. The smallest absolute Gasteiger partial charge is 0.283 e. The number of rotatable bonds is 6. The van der Waals surface area contributed by atoms with Crippen LogP contribution in [0.4, 0.5) is 0 Å². The minimum atomic E-state index is 0.440. The van der Waals surface area contributed by atoms with Crippen molar-refractivity contribution < 1.29 is 8.83 Å². The maximum Gasteiger partial charge on any atom is 0.283 e. The van der Waals surface area contributed by atoms with Crippen molar-refractivity contribution in [3.05, 3.63) is 66.3 Å². The van der Waals surface area contributed by atoms with E-state index in [1.165, 1.54) is 5.56 Å². The summed E-state index contributed by atoms with van der Waals surface area (Å²) in [5.41, 5.74) is 1.25. The molecule has 0 bridgehead atoms. The van der Waals surface area contributed by atoms with Gasteiger partial charge in [0.25, 0.3) is 5.89 Å². The average molecular weight is 350 g/mol. The van der Waals surface area contributed by atoms with Crippen molar-refractivity contribution in [2.24, 2.45) is 0 Å². The Morgan fingerprint density at radius 2 is 1.73 bits per heavy atom. The van der Waals surface area contributed by atoms with Crippen molar-refractivity contribution in [2.45, 2.75) is 6.54 Å². The van der Waals surface area contributed by atoms with E-state index in [0.717, 1.165) is 32.7 Å². The Hall–Kier alpha value is -2.70. The highest BCUT2D eigenvalue weighted by Crippen LogP contribution is 2.18. The van der Waals surface area contributed by atoms with E-state index in [1.807, 2.05) is 18.2 Å². The first-order chi connectivity index (χ1) is 12.9. The highest BCUT2D eigenvalue weighted by Gasteiger charge is 2.19. The third-order valence-electron chi connectivity index (χ3n) is 4.50. The minimum absolute atomic E-state index is 0.440. The Morgan fingerprint density at radius 1 is 0.923 bits per heavy atom. The molecule has 0 spiro atoms. The molecule has 0 aliphatic carbocycles. The number of aromatic nitrogens is 2. The molecule has 0 radical (unpaired) electrons. The van der Waals surface area contributed by atoms with Crippen LogP contribution in [0.5, 0.6) is 0 Å². The topological polar surface area (TPSA) is 58.5 Å². The molecule has 6 heteroatoms. The van der Waals surface area contributed by atoms with Gasteiger partial charge in [0.05, 0.1) is 12.8 Å². The standard InChI is InChI=1S/C20H22N4O2/c1-2-6-17(7-3-1)8-4-10-23-11-13-24(14-12-23)16-19-21-22-20(26-19)18-9-5-15-25-18/h1-9,15H,10-14,16H2. The second-order valence-electron chi connectivity index (χ2n) is 6.37. The number of nitrogens with zero attached hydrogens (tertiary/aromatic N) is 4. The van der Waals surface area contributed by atoms with Gasteiger partial charge in [-0.1, -0.05) is 42.5 Å². The van der Waals surface area contributed by atoms with Gasteiger partial charge in [-0.15, -0.1) is 10.2 Å². The summed E-state index contributed by atoms with van der Waals surface area (Å²) in [5, 5.41) is 8.18. The van der Waals surface area contributed by atoms with Crippen LogP contribution >= 0.6 is 0 Å². The van der Waals surface area contributed by atoms with Crippen molar-refractivity contribution in [3.63, 3.8) is 0 Å². The monoisotopic (exact) mass is 350 g/mol. The fraction of sp³-hybridized carbons (Fsp3) is 0.300. The summed E-state index contributed by atoms with van der Waals surface area (Å²) in [6.07, 6.45) is 6.02. The van der Waals surface area contributed by atoms with Crippen LogP contribution in [-0.4, -0.2) is 52.7 Å². The van der Waals surface area contributed by atoms with Gasteiger partial charge in [0.1, 0.15) is 0 Å². The third kappa shape index (κ3) is 4.28. The summed E-state index contributed by atoms with van der Waals surface area (Å²) in [7, 11) is 0. The van der Waals surface area contributed by atoms with Gasteiger partial charge in [-0.05, 0) is 17.7 Å². The fourth-order valence-electron chi connectivity index (χ4n) is 3.04. The zero-order chi connectivity index (χ0) is 17.6. The normalized spacial score (nSPS) is 16.5. The lowest BCUT2D eigenvalue weighted by atomic mass is 10.2. The van der Waals surface area contributed by atoms with Crippen LogP contribution in [0.25, 0.3) is 17.7 Å². The SMILES string of the molecule is C(=Cc1ccccc1)CN1CCN(Cc2nnc(-c3ccco3)o2)CC1. The van der Waals surface area contributed by atoms with Crippen molar-refractivity contribution in [2.75, 3.05) is 32.7 Å². The van der Waals surface area contributed by atoms with Crippen LogP contribution in [0.1, 0.15) is 11.5 Å². The van der Waals surface area contributed by atoms with Crippen LogP contribution in [0.3, 0.4) is 0 Å². The first-order valence-corrected chi connectivity index (χ1v) is 8.89. The highest BCUT2D eigenvalue weighted by molar-refractivity contribution is 5.48. The fourth-order valence-corrected chi connectivity index (χ4v) is 3.04. The molecule has 0 amide bonds. The second-order valence-corrected chi connectivity index (χ2v) is 6.37. The van der Waals surface area contributed by atoms with Gasteiger partial charge in [0.2, 0.25) is 5.89 Å². The van der Waals surface area contributed by atoms with Gasteiger partial charge in [0, 0.05) is 32.7 Å². The minimum Gasteiger partial charge on any atom is -0.459 e. The van der Waals surface area contributed by atoms with E-state index in [1.54, 1.807) is 6.26 Å².